The Kier molecular flexibility index (Phi) is 3.29. The first-order valence-corrected chi connectivity index (χ1v) is 9.27. The van der Waals surface area contributed by atoms with Crippen molar-refractivity contribution in [3.05, 3.63) is 30.3 Å². The molecule has 1 aliphatic rings. The van der Waals surface area contributed by atoms with Crippen LogP contribution in [0.3, 0.4) is 0 Å². The fourth-order valence-electron chi connectivity index (χ4n) is 2.89. The second-order valence-electron chi connectivity index (χ2n) is 5.34. The van der Waals surface area contributed by atoms with Crippen LogP contribution in [-0.2, 0) is 0 Å². The van der Waals surface area contributed by atoms with E-state index in [1.54, 1.807) is 5.19 Å². The van der Waals surface area contributed by atoms with Crippen LogP contribution in [0.1, 0.15) is 19.8 Å². The Morgan fingerprint density at radius 2 is 1.88 bits per heavy atom. The summed E-state index contributed by atoms with van der Waals surface area (Å²) in [6.07, 6.45) is 4.59. The largest absolute Gasteiger partial charge is 0.295 e. The standard InChI is InChI=1S/C14H21NSi/c1-12-14(10-7-11-15-12)16(2,3)13-8-5-4-6-9-13/h4-6,8-9,11-12,14H,7,10H2,1-3H3/t12-,14-/m0/s1. The zero-order chi connectivity index (χ0) is 11.6. The summed E-state index contributed by atoms with van der Waals surface area (Å²) >= 11 is 0. The van der Waals surface area contributed by atoms with Gasteiger partial charge in [0.05, 0.1) is 8.07 Å². The van der Waals surface area contributed by atoms with Gasteiger partial charge < -0.3 is 0 Å². The molecule has 0 aromatic heterocycles. The van der Waals surface area contributed by atoms with Crippen molar-refractivity contribution in [1.82, 2.24) is 0 Å². The van der Waals surface area contributed by atoms with Crippen LogP contribution in [-0.4, -0.2) is 20.3 Å². The smallest absolute Gasteiger partial charge is 0.0857 e. The third-order valence-electron chi connectivity index (χ3n) is 3.97. The van der Waals surface area contributed by atoms with Gasteiger partial charge in [-0.2, -0.15) is 0 Å². The number of aliphatic imine (C=N–C) groups is 1. The Morgan fingerprint density at radius 1 is 1.19 bits per heavy atom. The summed E-state index contributed by atoms with van der Waals surface area (Å²) in [6, 6.07) is 11.6. The molecule has 0 saturated heterocycles. The predicted octanol–water partition coefficient (Wildman–Crippen LogP) is 3.23. The van der Waals surface area contributed by atoms with Gasteiger partial charge in [-0.15, -0.1) is 0 Å². The van der Waals surface area contributed by atoms with E-state index in [0.717, 1.165) is 12.0 Å². The highest BCUT2D eigenvalue weighted by Crippen LogP contribution is 2.33. The molecule has 2 atom stereocenters. The van der Waals surface area contributed by atoms with Gasteiger partial charge >= 0.3 is 0 Å². The van der Waals surface area contributed by atoms with E-state index in [9.17, 15) is 0 Å². The van der Waals surface area contributed by atoms with E-state index in [4.69, 9.17) is 0 Å². The lowest BCUT2D eigenvalue weighted by Gasteiger charge is -2.37. The maximum atomic E-state index is 4.61. The highest BCUT2D eigenvalue weighted by atomic mass is 28.3. The molecule has 0 aliphatic carbocycles. The lowest BCUT2D eigenvalue weighted by Crippen LogP contribution is -2.49. The van der Waals surface area contributed by atoms with Crippen LogP contribution in [0.25, 0.3) is 0 Å². The van der Waals surface area contributed by atoms with Crippen LogP contribution in [0, 0.1) is 0 Å². The molecule has 1 aliphatic heterocycles. The van der Waals surface area contributed by atoms with Gasteiger partial charge in [0.15, 0.2) is 0 Å². The van der Waals surface area contributed by atoms with Crippen LogP contribution >= 0.6 is 0 Å². The van der Waals surface area contributed by atoms with Gasteiger partial charge in [0.1, 0.15) is 0 Å². The van der Waals surface area contributed by atoms with Crippen LogP contribution in [0.15, 0.2) is 35.3 Å². The second kappa shape index (κ2) is 4.54. The van der Waals surface area contributed by atoms with Crippen molar-refractivity contribution in [1.29, 1.82) is 0 Å². The minimum Gasteiger partial charge on any atom is -0.295 e. The van der Waals surface area contributed by atoms with Crippen molar-refractivity contribution in [3.8, 4) is 0 Å². The first-order valence-electron chi connectivity index (χ1n) is 6.19. The molecule has 1 aromatic carbocycles. The van der Waals surface area contributed by atoms with E-state index >= 15 is 0 Å². The fourth-order valence-corrected chi connectivity index (χ4v) is 6.55. The highest BCUT2D eigenvalue weighted by molar-refractivity contribution is 6.91. The Hall–Kier alpha value is -0.893. The average molecular weight is 231 g/mol. The molecule has 0 amide bonds. The number of rotatable bonds is 2. The highest BCUT2D eigenvalue weighted by Gasteiger charge is 2.37. The maximum Gasteiger partial charge on any atom is 0.0857 e. The quantitative estimate of drug-likeness (QED) is 0.693. The van der Waals surface area contributed by atoms with Crippen molar-refractivity contribution in [3.63, 3.8) is 0 Å². The first-order chi connectivity index (χ1) is 7.62. The molecule has 0 N–H and O–H groups in total. The Balaban J connectivity index is 2.28. The van der Waals surface area contributed by atoms with Crippen molar-refractivity contribution in [2.75, 3.05) is 0 Å². The van der Waals surface area contributed by atoms with E-state index in [1.807, 2.05) is 0 Å². The zero-order valence-corrected chi connectivity index (χ0v) is 11.5. The van der Waals surface area contributed by atoms with Gasteiger partial charge in [0, 0.05) is 6.04 Å². The van der Waals surface area contributed by atoms with Crippen molar-refractivity contribution in [2.24, 2.45) is 4.99 Å². The van der Waals surface area contributed by atoms with E-state index in [2.05, 4.69) is 61.6 Å². The topological polar surface area (TPSA) is 12.4 Å². The summed E-state index contributed by atoms with van der Waals surface area (Å²) < 4.78 is 0. The lowest BCUT2D eigenvalue weighted by atomic mass is 10.1. The normalized spacial score (nSPS) is 25.7. The summed E-state index contributed by atoms with van der Waals surface area (Å²) in [6.45, 7) is 7.26. The summed E-state index contributed by atoms with van der Waals surface area (Å²) in [7, 11) is -1.36. The number of nitrogens with zero attached hydrogens (tertiary/aromatic N) is 1. The van der Waals surface area contributed by atoms with Crippen molar-refractivity contribution in [2.45, 2.75) is 44.4 Å². The Bertz CT molecular complexity index is 370. The molecule has 2 heteroatoms. The van der Waals surface area contributed by atoms with Crippen molar-refractivity contribution >= 4 is 19.5 Å². The predicted molar refractivity (Wildman–Crippen MR) is 74.5 cm³/mol. The third-order valence-corrected chi connectivity index (χ3v) is 8.42. The number of benzene rings is 1. The minimum absolute atomic E-state index is 0.510. The molecule has 0 bridgehead atoms. The molecule has 0 fully saturated rings. The maximum absolute atomic E-state index is 4.61. The zero-order valence-electron chi connectivity index (χ0n) is 10.5. The summed E-state index contributed by atoms with van der Waals surface area (Å²) in [5.74, 6) is 0. The average Bonchev–Trinajstić information content (AvgIpc) is 2.30. The molecule has 0 saturated carbocycles. The molecule has 1 nitrogen and oxygen atoms in total. The minimum atomic E-state index is -1.36. The number of hydrogen-bond donors (Lipinski definition) is 0. The van der Waals surface area contributed by atoms with Gasteiger partial charge in [0.25, 0.3) is 0 Å². The van der Waals surface area contributed by atoms with Gasteiger partial charge in [0.2, 0.25) is 0 Å². The van der Waals surface area contributed by atoms with Gasteiger partial charge in [-0.1, -0.05) is 48.6 Å². The third kappa shape index (κ3) is 2.12. The molecule has 16 heavy (non-hydrogen) atoms. The van der Waals surface area contributed by atoms with E-state index in [-0.39, 0.29) is 0 Å². The van der Waals surface area contributed by atoms with Crippen LogP contribution in [0.2, 0.25) is 18.6 Å². The Morgan fingerprint density at radius 3 is 2.50 bits per heavy atom. The molecule has 0 spiro atoms. The monoisotopic (exact) mass is 231 g/mol. The molecule has 86 valence electrons. The SMILES string of the molecule is C[C@@H]1N=CCC[C@@H]1[Si](C)(C)c1ccccc1. The first kappa shape index (κ1) is 11.6. The van der Waals surface area contributed by atoms with Crippen LogP contribution < -0.4 is 5.19 Å². The number of hydrogen-bond acceptors (Lipinski definition) is 1. The summed E-state index contributed by atoms with van der Waals surface area (Å²) in [4.78, 5) is 4.61. The summed E-state index contributed by atoms with van der Waals surface area (Å²) in [5.41, 5.74) is 0.792. The molecule has 1 aromatic rings. The van der Waals surface area contributed by atoms with Gasteiger partial charge in [-0.3, -0.25) is 4.99 Å². The molecule has 1 heterocycles. The second-order valence-corrected chi connectivity index (χ2v) is 10.1. The molecular weight excluding hydrogens is 210 g/mol. The molecule has 2 rings (SSSR count). The Labute approximate surface area is 99.6 Å². The summed E-state index contributed by atoms with van der Waals surface area (Å²) in [5, 5.41) is 1.57. The fraction of sp³-hybridized carbons (Fsp3) is 0.500. The molecular formula is C14H21NSi. The van der Waals surface area contributed by atoms with Crippen LogP contribution in [0.4, 0.5) is 0 Å². The van der Waals surface area contributed by atoms with Crippen molar-refractivity contribution < 1.29 is 0 Å². The van der Waals surface area contributed by atoms with E-state index in [0.29, 0.717) is 6.04 Å². The molecule has 0 unspecified atom stereocenters. The van der Waals surface area contributed by atoms with E-state index < -0.39 is 8.07 Å². The molecule has 0 radical (unpaired) electrons. The van der Waals surface area contributed by atoms with E-state index in [1.165, 1.54) is 6.42 Å². The van der Waals surface area contributed by atoms with Gasteiger partial charge in [-0.05, 0) is 31.5 Å². The van der Waals surface area contributed by atoms with Crippen LogP contribution in [0.5, 0.6) is 0 Å². The van der Waals surface area contributed by atoms with Gasteiger partial charge in [-0.25, -0.2) is 0 Å². The lowest BCUT2D eigenvalue weighted by molar-refractivity contribution is 0.599.